The quantitative estimate of drug-likeness (QED) is 0.310. The lowest BCUT2D eigenvalue weighted by atomic mass is 10.1. The molecule has 9 heteroatoms. The van der Waals surface area contributed by atoms with Crippen LogP contribution in [0.3, 0.4) is 0 Å². The van der Waals surface area contributed by atoms with E-state index in [-0.39, 0.29) is 39.0 Å². The molecule has 0 bridgehead atoms. The second-order valence-electron chi connectivity index (χ2n) is 8.63. The molecule has 0 aromatic heterocycles. The van der Waals surface area contributed by atoms with Gasteiger partial charge in [-0.15, -0.1) is 0 Å². The van der Waals surface area contributed by atoms with Gasteiger partial charge in [0.15, 0.2) is 6.10 Å². The smallest absolute Gasteiger partial charge is 0.415 e. The largest absolute Gasteiger partial charge is 0.492 e. The number of benzene rings is 2. The van der Waals surface area contributed by atoms with Crippen molar-refractivity contribution in [3.8, 4) is 11.5 Å². The average Bonchev–Trinajstić information content (AvgIpc) is 2.82. The summed E-state index contributed by atoms with van der Waals surface area (Å²) in [4.78, 5) is 25.5. The highest BCUT2D eigenvalue weighted by molar-refractivity contribution is 5.72. The molecule has 0 aliphatic carbocycles. The standard InChI is InChI=1S/C27H35F2NO6/c1-4-34-24(25(31)32)19-21-11-13-22(14-12-21)35-18-17-30(16-8-7-15-27(3,28)29)26(33)36-23-10-6-5-9-20(23)2/h5-6,9-14,24H,4,7-8,15-19H2,1-3H3,(H,31,32). The van der Waals surface area contributed by atoms with Crippen molar-refractivity contribution in [2.75, 3.05) is 26.3 Å². The van der Waals surface area contributed by atoms with Crippen LogP contribution in [0.5, 0.6) is 11.5 Å². The van der Waals surface area contributed by atoms with Gasteiger partial charge < -0.3 is 24.2 Å². The maximum atomic E-state index is 13.1. The van der Waals surface area contributed by atoms with Gasteiger partial charge in [0, 0.05) is 26.0 Å². The van der Waals surface area contributed by atoms with Crippen molar-refractivity contribution in [2.45, 2.75) is 58.5 Å². The van der Waals surface area contributed by atoms with Crippen LogP contribution in [0.2, 0.25) is 0 Å². The average molecular weight is 508 g/mol. The van der Waals surface area contributed by atoms with E-state index in [1.54, 1.807) is 43.3 Å². The van der Waals surface area contributed by atoms with Gasteiger partial charge in [-0.1, -0.05) is 30.3 Å². The summed E-state index contributed by atoms with van der Waals surface area (Å²) < 4.78 is 42.8. The summed E-state index contributed by atoms with van der Waals surface area (Å²) in [6.45, 7) is 5.40. The van der Waals surface area contributed by atoms with Gasteiger partial charge in [0.1, 0.15) is 18.1 Å². The molecule has 2 aromatic rings. The number of rotatable bonds is 15. The molecule has 1 N–H and O–H groups in total. The molecule has 0 fully saturated rings. The highest BCUT2D eigenvalue weighted by Gasteiger charge is 2.22. The molecule has 1 amide bonds. The van der Waals surface area contributed by atoms with Crippen molar-refractivity contribution in [1.29, 1.82) is 0 Å². The first-order valence-electron chi connectivity index (χ1n) is 12.1. The Morgan fingerprint density at radius 3 is 2.36 bits per heavy atom. The summed E-state index contributed by atoms with van der Waals surface area (Å²) in [6, 6.07) is 14.1. The van der Waals surface area contributed by atoms with Crippen molar-refractivity contribution in [3.05, 3.63) is 59.7 Å². The van der Waals surface area contributed by atoms with Crippen molar-refractivity contribution in [3.63, 3.8) is 0 Å². The van der Waals surface area contributed by atoms with Gasteiger partial charge in [0.25, 0.3) is 0 Å². The first-order chi connectivity index (χ1) is 17.1. The molecule has 7 nitrogen and oxygen atoms in total. The number of aliphatic carboxylic acids is 1. The minimum atomic E-state index is -2.74. The number of carboxylic acid groups (broad SMARTS) is 1. The second-order valence-corrected chi connectivity index (χ2v) is 8.63. The molecule has 36 heavy (non-hydrogen) atoms. The first kappa shape index (κ1) is 29.0. The number of nitrogens with zero attached hydrogens (tertiary/aromatic N) is 1. The molecule has 2 rings (SSSR count). The van der Waals surface area contributed by atoms with Crippen LogP contribution in [0, 0.1) is 6.92 Å². The predicted octanol–water partition coefficient (Wildman–Crippen LogP) is 5.73. The molecule has 0 saturated carbocycles. The molecule has 0 aliphatic rings. The number of hydrogen-bond donors (Lipinski definition) is 1. The van der Waals surface area contributed by atoms with Crippen LogP contribution in [-0.4, -0.2) is 60.4 Å². The normalized spacial score (nSPS) is 12.1. The number of ether oxygens (including phenoxy) is 3. The summed E-state index contributed by atoms with van der Waals surface area (Å²) in [6.07, 6.45) is -0.809. The Bertz CT molecular complexity index is 961. The zero-order valence-electron chi connectivity index (χ0n) is 21.0. The highest BCUT2D eigenvalue weighted by atomic mass is 19.3. The Morgan fingerprint density at radius 2 is 1.75 bits per heavy atom. The highest BCUT2D eigenvalue weighted by Crippen LogP contribution is 2.21. The van der Waals surface area contributed by atoms with Crippen LogP contribution in [0.15, 0.2) is 48.5 Å². The number of para-hydroxylation sites is 1. The summed E-state index contributed by atoms with van der Waals surface area (Å²) in [5, 5.41) is 9.23. The van der Waals surface area contributed by atoms with Gasteiger partial charge in [-0.25, -0.2) is 18.4 Å². The third kappa shape index (κ3) is 10.6. The summed E-state index contributed by atoms with van der Waals surface area (Å²) >= 11 is 0. The summed E-state index contributed by atoms with van der Waals surface area (Å²) in [5.41, 5.74) is 1.60. The fourth-order valence-corrected chi connectivity index (χ4v) is 3.49. The van der Waals surface area contributed by atoms with Crippen LogP contribution < -0.4 is 9.47 Å². The minimum absolute atomic E-state index is 0.169. The van der Waals surface area contributed by atoms with Crippen LogP contribution in [0.4, 0.5) is 13.6 Å². The maximum Gasteiger partial charge on any atom is 0.415 e. The molecule has 0 heterocycles. The number of halogens is 2. The number of carbonyl (C=O) groups excluding carboxylic acids is 1. The van der Waals surface area contributed by atoms with Crippen LogP contribution in [0.25, 0.3) is 0 Å². The zero-order chi connectivity index (χ0) is 26.6. The Morgan fingerprint density at radius 1 is 1.06 bits per heavy atom. The minimum Gasteiger partial charge on any atom is -0.492 e. The third-order valence-electron chi connectivity index (χ3n) is 5.46. The number of carboxylic acids is 1. The Balaban J connectivity index is 1.93. The molecule has 0 radical (unpaired) electrons. The summed E-state index contributed by atoms with van der Waals surface area (Å²) in [7, 11) is 0. The molecule has 198 valence electrons. The lowest BCUT2D eigenvalue weighted by Gasteiger charge is -2.23. The van der Waals surface area contributed by atoms with Gasteiger partial charge >= 0.3 is 12.1 Å². The number of unbranched alkanes of at least 4 members (excludes halogenated alkanes) is 1. The van der Waals surface area contributed by atoms with Gasteiger partial charge in [-0.05, 0) is 62.9 Å². The summed E-state index contributed by atoms with van der Waals surface area (Å²) in [5.74, 6) is -2.76. The lowest BCUT2D eigenvalue weighted by molar-refractivity contribution is -0.149. The molecule has 0 aliphatic heterocycles. The number of amides is 1. The van der Waals surface area contributed by atoms with Crippen LogP contribution in [-0.2, 0) is 16.0 Å². The molecule has 2 aromatic carbocycles. The fourth-order valence-electron chi connectivity index (χ4n) is 3.49. The van der Waals surface area contributed by atoms with E-state index in [2.05, 4.69) is 0 Å². The zero-order valence-corrected chi connectivity index (χ0v) is 21.0. The molecule has 0 saturated heterocycles. The lowest BCUT2D eigenvalue weighted by Crippen LogP contribution is -2.37. The van der Waals surface area contributed by atoms with E-state index < -0.39 is 24.1 Å². The predicted molar refractivity (Wildman–Crippen MR) is 132 cm³/mol. The van der Waals surface area contributed by atoms with E-state index in [0.717, 1.165) is 18.1 Å². The fraction of sp³-hybridized carbons (Fsp3) is 0.481. The molecule has 0 spiro atoms. The van der Waals surface area contributed by atoms with Crippen LogP contribution in [0.1, 0.15) is 44.2 Å². The van der Waals surface area contributed by atoms with Gasteiger partial charge in [-0.3, -0.25) is 0 Å². The molecule has 1 atom stereocenters. The van der Waals surface area contributed by atoms with Gasteiger partial charge in [0.05, 0.1) is 6.54 Å². The molecular formula is C27H35F2NO6. The van der Waals surface area contributed by atoms with E-state index in [1.165, 1.54) is 4.90 Å². The van der Waals surface area contributed by atoms with E-state index in [1.807, 2.05) is 19.1 Å². The Labute approximate surface area is 211 Å². The Hall–Kier alpha value is -3.20. The van der Waals surface area contributed by atoms with Crippen molar-refractivity contribution in [1.82, 2.24) is 4.90 Å². The van der Waals surface area contributed by atoms with Crippen molar-refractivity contribution < 1.29 is 37.7 Å². The number of hydrogen-bond acceptors (Lipinski definition) is 5. The Kier molecular flexibility index (Phi) is 11.6. The van der Waals surface area contributed by atoms with Crippen molar-refractivity contribution >= 4 is 12.1 Å². The second kappa shape index (κ2) is 14.4. The van der Waals surface area contributed by atoms with Gasteiger partial charge in [0.2, 0.25) is 5.92 Å². The number of alkyl halides is 2. The third-order valence-corrected chi connectivity index (χ3v) is 5.46. The monoisotopic (exact) mass is 507 g/mol. The van der Waals surface area contributed by atoms with E-state index in [9.17, 15) is 23.5 Å². The van der Waals surface area contributed by atoms with E-state index in [4.69, 9.17) is 14.2 Å². The number of aryl methyl sites for hydroxylation is 1. The number of carbonyl (C=O) groups is 2. The molecule has 1 unspecified atom stereocenters. The van der Waals surface area contributed by atoms with E-state index in [0.29, 0.717) is 24.5 Å². The maximum absolute atomic E-state index is 13.1. The van der Waals surface area contributed by atoms with Gasteiger partial charge in [-0.2, -0.15) is 0 Å². The molecular weight excluding hydrogens is 472 g/mol. The topological polar surface area (TPSA) is 85.3 Å². The van der Waals surface area contributed by atoms with Crippen molar-refractivity contribution in [2.24, 2.45) is 0 Å². The van der Waals surface area contributed by atoms with Crippen LogP contribution >= 0.6 is 0 Å². The SMILES string of the molecule is CCOC(Cc1ccc(OCCN(CCCCC(C)(F)F)C(=O)Oc2ccccc2C)cc1)C(=O)O. The first-order valence-corrected chi connectivity index (χ1v) is 12.1. The van der Waals surface area contributed by atoms with E-state index >= 15 is 0 Å².